The van der Waals surface area contributed by atoms with Gasteiger partial charge in [-0.2, -0.15) is 13.2 Å². The maximum Gasteiger partial charge on any atom is 0.419 e. The monoisotopic (exact) mass is 413 g/mol. The fraction of sp³-hybridized carbons (Fsp3) is 0.619. The number of carbonyl (C=O) groups excluding carboxylic acids is 2. The summed E-state index contributed by atoms with van der Waals surface area (Å²) in [6.07, 6.45) is -2.60. The molecule has 1 aromatic rings. The number of alkyl halides is 3. The van der Waals surface area contributed by atoms with Gasteiger partial charge in [0.25, 0.3) is 0 Å². The molecule has 29 heavy (non-hydrogen) atoms. The summed E-state index contributed by atoms with van der Waals surface area (Å²) in [6, 6.07) is 3.17. The molecule has 0 spiro atoms. The van der Waals surface area contributed by atoms with Crippen LogP contribution in [-0.2, 0) is 10.9 Å². The molecule has 0 aliphatic carbocycles. The van der Waals surface area contributed by atoms with E-state index in [-0.39, 0.29) is 35.3 Å². The number of hydrogen-bond donors (Lipinski definition) is 0. The molecule has 2 heterocycles. The SMILES string of the molecule is COc1ccc(C(=O)C2CC3CCC(C2)N3C(=O)OC(C)(C)C)cc1C(F)(F)F. The first-order chi connectivity index (χ1) is 13.4. The van der Waals surface area contributed by atoms with E-state index in [1.54, 1.807) is 25.7 Å². The van der Waals surface area contributed by atoms with Crippen molar-refractivity contribution in [3.05, 3.63) is 29.3 Å². The highest BCUT2D eigenvalue weighted by molar-refractivity contribution is 5.98. The van der Waals surface area contributed by atoms with Crippen LogP contribution in [0.2, 0.25) is 0 Å². The third-order valence-corrected chi connectivity index (χ3v) is 5.50. The molecule has 2 bridgehead atoms. The average molecular weight is 413 g/mol. The smallest absolute Gasteiger partial charge is 0.419 e. The van der Waals surface area contributed by atoms with Crippen molar-refractivity contribution in [1.29, 1.82) is 0 Å². The lowest BCUT2D eigenvalue weighted by Crippen LogP contribution is -2.49. The predicted octanol–water partition coefficient (Wildman–Crippen LogP) is 5.07. The normalized spacial score (nSPS) is 24.4. The molecule has 0 N–H and O–H groups in total. The number of halogens is 3. The van der Waals surface area contributed by atoms with E-state index in [0.29, 0.717) is 12.8 Å². The van der Waals surface area contributed by atoms with Crippen molar-refractivity contribution in [1.82, 2.24) is 4.90 Å². The summed E-state index contributed by atoms with van der Waals surface area (Å²) in [7, 11) is 1.16. The molecule has 2 saturated heterocycles. The second kappa shape index (κ2) is 7.54. The first-order valence-corrected chi connectivity index (χ1v) is 9.71. The number of fused-ring (bicyclic) bond motifs is 2. The Bertz CT molecular complexity index is 786. The van der Waals surface area contributed by atoms with Gasteiger partial charge in [0.2, 0.25) is 0 Å². The zero-order valence-corrected chi connectivity index (χ0v) is 17.0. The van der Waals surface area contributed by atoms with Crippen LogP contribution in [0.5, 0.6) is 5.75 Å². The first kappa shape index (κ1) is 21.5. The molecular weight excluding hydrogens is 387 g/mol. The van der Waals surface area contributed by atoms with Crippen molar-refractivity contribution >= 4 is 11.9 Å². The summed E-state index contributed by atoms with van der Waals surface area (Å²) in [5.41, 5.74) is -1.55. The van der Waals surface area contributed by atoms with Gasteiger partial charge in [0, 0.05) is 23.6 Å². The van der Waals surface area contributed by atoms with E-state index in [1.165, 1.54) is 12.1 Å². The third kappa shape index (κ3) is 4.51. The summed E-state index contributed by atoms with van der Waals surface area (Å²) in [4.78, 5) is 27.2. The Labute approximate surface area is 168 Å². The number of benzene rings is 1. The van der Waals surface area contributed by atoms with Crippen LogP contribution < -0.4 is 4.74 Å². The highest BCUT2D eigenvalue weighted by atomic mass is 19.4. The number of amides is 1. The van der Waals surface area contributed by atoms with Crippen LogP contribution >= 0.6 is 0 Å². The zero-order chi connectivity index (χ0) is 21.6. The summed E-state index contributed by atoms with van der Waals surface area (Å²) in [5, 5.41) is 0. The Morgan fingerprint density at radius 2 is 1.66 bits per heavy atom. The molecule has 1 aromatic carbocycles. The van der Waals surface area contributed by atoms with Crippen molar-refractivity contribution in [2.24, 2.45) is 5.92 Å². The van der Waals surface area contributed by atoms with E-state index < -0.39 is 23.3 Å². The maximum atomic E-state index is 13.3. The van der Waals surface area contributed by atoms with Crippen molar-refractivity contribution < 1.29 is 32.2 Å². The second-order valence-electron chi connectivity index (χ2n) is 8.72. The van der Waals surface area contributed by atoms with E-state index in [0.717, 1.165) is 26.0 Å². The number of ketones is 1. The highest BCUT2D eigenvalue weighted by Gasteiger charge is 2.46. The van der Waals surface area contributed by atoms with Crippen LogP contribution in [0.3, 0.4) is 0 Å². The molecule has 5 nitrogen and oxygen atoms in total. The first-order valence-electron chi connectivity index (χ1n) is 9.71. The molecule has 160 valence electrons. The summed E-state index contributed by atoms with van der Waals surface area (Å²) < 4.78 is 50.1. The van der Waals surface area contributed by atoms with Gasteiger partial charge in [0.1, 0.15) is 11.4 Å². The van der Waals surface area contributed by atoms with Crippen LogP contribution in [0.1, 0.15) is 62.4 Å². The minimum Gasteiger partial charge on any atom is -0.496 e. The third-order valence-electron chi connectivity index (χ3n) is 5.50. The van der Waals surface area contributed by atoms with E-state index in [9.17, 15) is 22.8 Å². The number of carbonyl (C=O) groups is 2. The maximum absolute atomic E-state index is 13.3. The lowest BCUT2D eigenvalue weighted by atomic mass is 9.84. The summed E-state index contributed by atoms with van der Waals surface area (Å²) in [5.74, 6) is -1.05. The predicted molar refractivity (Wildman–Crippen MR) is 99.9 cm³/mol. The van der Waals surface area contributed by atoms with E-state index in [4.69, 9.17) is 9.47 Å². The molecule has 3 rings (SSSR count). The Hall–Kier alpha value is -2.25. The number of Topliss-reactive ketones (excluding diaryl/α,β-unsaturated/α-hetero) is 1. The van der Waals surface area contributed by atoms with Crippen LogP contribution in [0.15, 0.2) is 18.2 Å². The molecule has 8 heteroatoms. The number of ether oxygens (including phenoxy) is 2. The van der Waals surface area contributed by atoms with Crippen LogP contribution in [0.25, 0.3) is 0 Å². The molecule has 2 atom stereocenters. The van der Waals surface area contributed by atoms with Gasteiger partial charge in [-0.25, -0.2) is 4.79 Å². The Morgan fingerprint density at radius 3 is 2.14 bits per heavy atom. The number of piperidine rings is 1. The van der Waals surface area contributed by atoms with Gasteiger partial charge < -0.3 is 14.4 Å². The number of hydrogen-bond acceptors (Lipinski definition) is 4. The van der Waals surface area contributed by atoms with Gasteiger partial charge in [-0.1, -0.05) is 0 Å². The second-order valence-corrected chi connectivity index (χ2v) is 8.72. The van der Waals surface area contributed by atoms with Gasteiger partial charge in [0.05, 0.1) is 12.7 Å². The molecule has 0 saturated carbocycles. The topological polar surface area (TPSA) is 55.8 Å². The van der Waals surface area contributed by atoms with Crippen molar-refractivity contribution in [3.63, 3.8) is 0 Å². The molecule has 1 amide bonds. The standard InChI is InChI=1S/C21H26F3NO4/c1-20(2,3)29-19(27)25-14-6-7-15(25)10-13(9-14)18(26)12-5-8-17(28-4)16(11-12)21(22,23)24/h5,8,11,13-15H,6-7,9-10H2,1-4H3. The van der Waals surface area contributed by atoms with Gasteiger partial charge in [-0.3, -0.25) is 4.79 Å². The fourth-order valence-corrected chi connectivity index (χ4v) is 4.32. The van der Waals surface area contributed by atoms with Gasteiger partial charge in [-0.15, -0.1) is 0 Å². The minimum atomic E-state index is -4.61. The minimum absolute atomic E-state index is 0.0215. The number of nitrogens with zero attached hydrogens (tertiary/aromatic N) is 1. The Kier molecular flexibility index (Phi) is 5.58. The Morgan fingerprint density at radius 1 is 1.07 bits per heavy atom. The zero-order valence-electron chi connectivity index (χ0n) is 17.0. The quantitative estimate of drug-likeness (QED) is 0.649. The highest BCUT2D eigenvalue weighted by Crippen LogP contribution is 2.42. The van der Waals surface area contributed by atoms with Crippen LogP contribution in [0, 0.1) is 5.92 Å². The number of rotatable bonds is 3. The lowest BCUT2D eigenvalue weighted by Gasteiger charge is -2.39. The van der Waals surface area contributed by atoms with E-state index in [1.807, 2.05) is 0 Å². The Balaban J connectivity index is 1.77. The van der Waals surface area contributed by atoms with Gasteiger partial charge in [-0.05, 0) is 64.7 Å². The fourth-order valence-electron chi connectivity index (χ4n) is 4.32. The molecule has 2 aliphatic heterocycles. The van der Waals surface area contributed by atoms with Crippen LogP contribution in [-0.4, -0.2) is 41.6 Å². The summed E-state index contributed by atoms with van der Waals surface area (Å²) in [6.45, 7) is 5.39. The molecule has 2 aliphatic rings. The molecule has 0 radical (unpaired) electrons. The van der Waals surface area contributed by atoms with E-state index in [2.05, 4.69) is 0 Å². The van der Waals surface area contributed by atoms with Crippen molar-refractivity contribution in [2.45, 2.75) is 70.3 Å². The van der Waals surface area contributed by atoms with Crippen LogP contribution in [0.4, 0.5) is 18.0 Å². The summed E-state index contributed by atoms with van der Waals surface area (Å²) >= 11 is 0. The molecular formula is C21H26F3NO4. The number of methoxy groups -OCH3 is 1. The largest absolute Gasteiger partial charge is 0.496 e. The van der Waals surface area contributed by atoms with E-state index >= 15 is 0 Å². The molecule has 0 aromatic heterocycles. The molecule has 2 unspecified atom stereocenters. The van der Waals surface area contributed by atoms with Crippen molar-refractivity contribution in [2.75, 3.05) is 7.11 Å². The van der Waals surface area contributed by atoms with Gasteiger partial charge >= 0.3 is 12.3 Å². The van der Waals surface area contributed by atoms with Gasteiger partial charge in [0.15, 0.2) is 5.78 Å². The lowest BCUT2D eigenvalue weighted by molar-refractivity contribution is -0.138. The molecule has 2 fully saturated rings. The van der Waals surface area contributed by atoms with Crippen molar-refractivity contribution in [3.8, 4) is 5.75 Å². The average Bonchev–Trinajstić information content (AvgIpc) is 2.88.